The van der Waals surface area contributed by atoms with Crippen LogP contribution in [0.4, 0.5) is 4.39 Å². The van der Waals surface area contributed by atoms with E-state index in [-0.39, 0.29) is 17.3 Å². The molecule has 16 heavy (non-hydrogen) atoms. The molecule has 0 saturated heterocycles. The van der Waals surface area contributed by atoms with E-state index >= 15 is 0 Å². The van der Waals surface area contributed by atoms with Gasteiger partial charge in [0.2, 0.25) is 0 Å². The van der Waals surface area contributed by atoms with Gasteiger partial charge in [-0.15, -0.1) is 0 Å². The smallest absolute Gasteiger partial charge is 0.123 e. The fourth-order valence-corrected chi connectivity index (χ4v) is 2.34. The minimum Gasteiger partial charge on any atom is -0.301 e. The first-order valence-corrected chi connectivity index (χ1v) is 5.42. The summed E-state index contributed by atoms with van der Waals surface area (Å²) in [6.07, 6.45) is 1.87. The first-order valence-electron chi connectivity index (χ1n) is 5.42. The second-order valence-electron chi connectivity index (χ2n) is 4.69. The Hall–Kier alpha value is -1.40. The molecule has 1 saturated carbocycles. The van der Waals surface area contributed by atoms with Gasteiger partial charge in [0, 0.05) is 0 Å². The molecule has 0 amide bonds. The maximum absolute atomic E-state index is 12.9. The monoisotopic (exact) mass is 218 g/mol. The van der Waals surface area contributed by atoms with Gasteiger partial charge in [-0.2, -0.15) is 5.26 Å². The molecule has 0 spiro atoms. The molecule has 0 heterocycles. The second-order valence-corrected chi connectivity index (χ2v) is 4.69. The molecule has 2 rings (SSSR count). The lowest BCUT2D eigenvalue weighted by atomic mass is 9.90. The summed E-state index contributed by atoms with van der Waals surface area (Å²) in [5.41, 5.74) is 0.756. The molecular weight excluding hydrogens is 203 g/mol. The average Bonchev–Trinajstić information content (AvgIpc) is 3.02. The summed E-state index contributed by atoms with van der Waals surface area (Å²) in [5, 5.41) is 9.24. The Morgan fingerprint density at radius 1 is 1.31 bits per heavy atom. The third-order valence-corrected chi connectivity index (χ3v) is 3.24. The predicted molar refractivity (Wildman–Crippen MR) is 60.1 cm³/mol. The third kappa shape index (κ3) is 1.81. The van der Waals surface area contributed by atoms with Crippen molar-refractivity contribution in [1.29, 1.82) is 5.26 Å². The zero-order valence-electron chi connectivity index (χ0n) is 9.57. The first kappa shape index (κ1) is 11.1. The van der Waals surface area contributed by atoms with Gasteiger partial charge in [-0.05, 0) is 44.6 Å². The number of nitrogens with zero attached hydrogens (tertiary/aromatic N) is 2. The summed E-state index contributed by atoms with van der Waals surface area (Å²) in [4.78, 5) is 2.05. The molecule has 0 radical (unpaired) electrons. The van der Waals surface area contributed by atoms with E-state index in [0.29, 0.717) is 0 Å². The summed E-state index contributed by atoms with van der Waals surface area (Å²) in [7, 11) is 3.93. The summed E-state index contributed by atoms with van der Waals surface area (Å²) < 4.78 is 12.9. The molecule has 1 aliphatic rings. The van der Waals surface area contributed by atoms with Crippen molar-refractivity contribution in [3.63, 3.8) is 0 Å². The van der Waals surface area contributed by atoms with Crippen LogP contribution in [0.5, 0.6) is 0 Å². The first-order chi connectivity index (χ1) is 7.59. The van der Waals surface area contributed by atoms with Gasteiger partial charge in [-0.25, -0.2) is 4.39 Å². The molecule has 0 bridgehead atoms. The summed E-state index contributed by atoms with van der Waals surface area (Å²) in [6.45, 7) is 0. The SMILES string of the molecule is CN(C)C(c1ccc(F)cc1)C1(C#N)CC1. The zero-order valence-corrected chi connectivity index (χ0v) is 9.57. The highest BCUT2D eigenvalue weighted by atomic mass is 19.1. The van der Waals surface area contributed by atoms with Crippen LogP contribution >= 0.6 is 0 Å². The quantitative estimate of drug-likeness (QED) is 0.780. The Kier molecular flexibility index (Phi) is 2.69. The van der Waals surface area contributed by atoms with Gasteiger partial charge in [0.15, 0.2) is 0 Å². The standard InChI is InChI=1S/C13H15FN2/c1-16(2)12(13(9-15)7-8-13)10-3-5-11(14)6-4-10/h3-6,12H,7-8H2,1-2H3. The Morgan fingerprint density at radius 3 is 2.25 bits per heavy atom. The highest BCUT2D eigenvalue weighted by molar-refractivity contribution is 5.29. The van der Waals surface area contributed by atoms with E-state index in [9.17, 15) is 9.65 Å². The van der Waals surface area contributed by atoms with Crippen molar-refractivity contribution in [2.75, 3.05) is 14.1 Å². The molecule has 0 aliphatic heterocycles. The molecular formula is C13H15FN2. The van der Waals surface area contributed by atoms with E-state index in [1.807, 2.05) is 19.0 Å². The molecule has 1 aromatic rings. The number of hydrogen-bond donors (Lipinski definition) is 0. The van der Waals surface area contributed by atoms with E-state index in [2.05, 4.69) is 6.07 Å². The highest BCUT2D eigenvalue weighted by Crippen LogP contribution is 2.56. The van der Waals surface area contributed by atoms with E-state index in [1.165, 1.54) is 12.1 Å². The molecule has 3 heteroatoms. The number of rotatable bonds is 3. The van der Waals surface area contributed by atoms with Gasteiger partial charge in [0.25, 0.3) is 0 Å². The van der Waals surface area contributed by atoms with Crippen molar-refractivity contribution < 1.29 is 4.39 Å². The topological polar surface area (TPSA) is 27.0 Å². The Labute approximate surface area is 95.3 Å². The van der Waals surface area contributed by atoms with Crippen LogP contribution in [0.1, 0.15) is 24.4 Å². The molecule has 1 fully saturated rings. The minimum atomic E-state index is -0.263. The van der Waals surface area contributed by atoms with Crippen LogP contribution in [0.2, 0.25) is 0 Å². The van der Waals surface area contributed by atoms with Crippen molar-refractivity contribution in [2.24, 2.45) is 5.41 Å². The van der Waals surface area contributed by atoms with Crippen molar-refractivity contribution in [1.82, 2.24) is 4.90 Å². The van der Waals surface area contributed by atoms with Gasteiger partial charge < -0.3 is 4.90 Å². The van der Waals surface area contributed by atoms with Gasteiger partial charge in [-0.1, -0.05) is 12.1 Å². The van der Waals surface area contributed by atoms with Gasteiger partial charge in [0.05, 0.1) is 17.5 Å². The van der Waals surface area contributed by atoms with Crippen LogP contribution < -0.4 is 0 Å². The average molecular weight is 218 g/mol. The summed E-state index contributed by atoms with van der Waals surface area (Å²) in [6, 6.07) is 8.94. The van der Waals surface area contributed by atoms with E-state index in [1.54, 1.807) is 12.1 Å². The third-order valence-electron chi connectivity index (χ3n) is 3.24. The molecule has 0 aromatic heterocycles. The number of halogens is 1. The molecule has 1 unspecified atom stereocenters. The summed E-state index contributed by atoms with van der Waals surface area (Å²) >= 11 is 0. The van der Waals surface area contributed by atoms with Crippen molar-refractivity contribution >= 4 is 0 Å². The summed E-state index contributed by atoms with van der Waals surface area (Å²) in [5.74, 6) is -0.233. The van der Waals surface area contributed by atoms with E-state index < -0.39 is 0 Å². The maximum Gasteiger partial charge on any atom is 0.123 e. The normalized spacial score (nSPS) is 19.2. The zero-order chi connectivity index (χ0) is 11.8. The predicted octanol–water partition coefficient (Wildman–Crippen LogP) is 2.73. The van der Waals surface area contributed by atoms with Gasteiger partial charge in [0.1, 0.15) is 5.82 Å². The maximum atomic E-state index is 12.9. The molecule has 2 nitrogen and oxygen atoms in total. The van der Waals surface area contributed by atoms with Gasteiger partial charge in [-0.3, -0.25) is 0 Å². The minimum absolute atomic E-state index is 0.0677. The lowest BCUT2D eigenvalue weighted by Crippen LogP contribution is -2.27. The fraction of sp³-hybridized carbons (Fsp3) is 0.462. The molecule has 84 valence electrons. The highest BCUT2D eigenvalue weighted by Gasteiger charge is 2.51. The van der Waals surface area contributed by atoms with Crippen molar-refractivity contribution in [3.05, 3.63) is 35.6 Å². The molecule has 1 atom stereocenters. The number of nitriles is 1. The fourth-order valence-electron chi connectivity index (χ4n) is 2.34. The Morgan fingerprint density at radius 2 is 1.88 bits per heavy atom. The number of hydrogen-bond acceptors (Lipinski definition) is 2. The lowest BCUT2D eigenvalue weighted by Gasteiger charge is -2.28. The van der Waals surface area contributed by atoms with Crippen LogP contribution in [0.3, 0.4) is 0 Å². The van der Waals surface area contributed by atoms with Crippen molar-refractivity contribution in [2.45, 2.75) is 18.9 Å². The largest absolute Gasteiger partial charge is 0.301 e. The molecule has 0 N–H and O–H groups in total. The van der Waals surface area contributed by atoms with E-state index in [4.69, 9.17) is 0 Å². The van der Waals surface area contributed by atoms with Crippen LogP contribution in [-0.2, 0) is 0 Å². The van der Waals surface area contributed by atoms with Crippen molar-refractivity contribution in [3.8, 4) is 6.07 Å². The molecule has 1 aromatic carbocycles. The second kappa shape index (κ2) is 3.88. The van der Waals surface area contributed by atoms with Crippen LogP contribution in [0.25, 0.3) is 0 Å². The lowest BCUT2D eigenvalue weighted by molar-refractivity contribution is 0.232. The Balaban J connectivity index is 2.34. The number of benzene rings is 1. The van der Waals surface area contributed by atoms with Crippen LogP contribution in [0.15, 0.2) is 24.3 Å². The van der Waals surface area contributed by atoms with Gasteiger partial charge >= 0.3 is 0 Å². The van der Waals surface area contributed by atoms with E-state index in [0.717, 1.165) is 18.4 Å². The molecule has 1 aliphatic carbocycles. The Bertz CT molecular complexity index is 413. The van der Waals surface area contributed by atoms with Crippen LogP contribution in [-0.4, -0.2) is 19.0 Å². The van der Waals surface area contributed by atoms with Crippen LogP contribution in [0, 0.1) is 22.6 Å².